The summed E-state index contributed by atoms with van der Waals surface area (Å²) in [6, 6.07) is 21.0. The molecule has 3 aromatic rings. The SMILES string of the molecule is O=C(COc1ccc2ccccc2c1)NCCS(=O)(=O)N1CCN(c2ccc(Cl)cc2)CC1. The minimum absolute atomic E-state index is 0.0413. The maximum Gasteiger partial charge on any atom is 0.257 e. The van der Waals surface area contributed by atoms with Crippen molar-refractivity contribution in [2.45, 2.75) is 0 Å². The number of carbonyl (C=O) groups excluding carboxylic acids is 1. The van der Waals surface area contributed by atoms with Crippen molar-refractivity contribution in [3.05, 3.63) is 71.8 Å². The predicted molar refractivity (Wildman–Crippen MR) is 131 cm³/mol. The molecule has 33 heavy (non-hydrogen) atoms. The highest BCUT2D eigenvalue weighted by molar-refractivity contribution is 7.89. The van der Waals surface area contributed by atoms with Crippen LogP contribution < -0.4 is 15.0 Å². The summed E-state index contributed by atoms with van der Waals surface area (Å²) in [5.74, 6) is 0.0938. The minimum atomic E-state index is -3.45. The van der Waals surface area contributed by atoms with Gasteiger partial charge in [0.25, 0.3) is 5.91 Å². The Bertz CT molecular complexity index is 1210. The van der Waals surface area contributed by atoms with E-state index in [-0.39, 0.29) is 24.8 Å². The van der Waals surface area contributed by atoms with Crippen molar-refractivity contribution >= 4 is 44.0 Å². The molecule has 1 aliphatic heterocycles. The number of anilines is 1. The van der Waals surface area contributed by atoms with Gasteiger partial charge in [-0.05, 0) is 47.2 Å². The number of rotatable bonds is 8. The number of ether oxygens (including phenoxy) is 1. The largest absolute Gasteiger partial charge is 0.484 e. The normalized spacial score (nSPS) is 14.9. The first kappa shape index (κ1) is 23.4. The Morgan fingerprint density at radius 1 is 0.939 bits per heavy atom. The molecule has 1 aliphatic rings. The first-order valence-electron chi connectivity index (χ1n) is 10.8. The van der Waals surface area contributed by atoms with Gasteiger partial charge in [-0.15, -0.1) is 0 Å². The number of hydrogen-bond acceptors (Lipinski definition) is 5. The van der Waals surface area contributed by atoms with E-state index in [1.807, 2.05) is 66.7 Å². The molecule has 0 saturated carbocycles. The lowest BCUT2D eigenvalue weighted by Crippen LogP contribution is -2.50. The molecule has 0 spiro atoms. The van der Waals surface area contributed by atoms with Gasteiger partial charge in [-0.25, -0.2) is 8.42 Å². The van der Waals surface area contributed by atoms with Crippen molar-refractivity contribution in [1.29, 1.82) is 0 Å². The van der Waals surface area contributed by atoms with E-state index in [0.29, 0.717) is 37.0 Å². The first-order chi connectivity index (χ1) is 15.9. The van der Waals surface area contributed by atoms with Gasteiger partial charge in [0.2, 0.25) is 10.0 Å². The average molecular weight is 488 g/mol. The number of nitrogens with zero attached hydrogens (tertiary/aromatic N) is 2. The fourth-order valence-electron chi connectivity index (χ4n) is 3.78. The van der Waals surface area contributed by atoms with E-state index < -0.39 is 10.0 Å². The Hall–Kier alpha value is -2.81. The summed E-state index contributed by atoms with van der Waals surface area (Å²) in [4.78, 5) is 14.2. The monoisotopic (exact) mass is 487 g/mol. The van der Waals surface area contributed by atoms with Crippen LogP contribution in [0.3, 0.4) is 0 Å². The maximum absolute atomic E-state index is 12.7. The second-order valence-electron chi connectivity index (χ2n) is 7.83. The van der Waals surface area contributed by atoms with Crippen LogP contribution in [-0.2, 0) is 14.8 Å². The van der Waals surface area contributed by atoms with Gasteiger partial charge in [-0.2, -0.15) is 4.31 Å². The van der Waals surface area contributed by atoms with E-state index in [2.05, 4.69) is 10.2 Å². The van der Waals surface area contributed by atoms with Crippen LogP contribution in [0.4, 0.5) is 5.69 Å². The lowest BCUT2D eigenvalue weighted by atomic mass is 10.1. The molecule has 3 aromatic carbocycles. The molecule has 174 valence electrons. The Morgan fingerprint density at radius 3 is 2.36 bits per heavy atom. The highest BCUT2D eigenvalue weighted by atomic mass is 35.5. The van der Waals surface area contributed by atoms with Gasteiger partial charge >= 0.3 is 0 Å². The molecule has 0 aromatic heterocycles. The number of benzene rings is 3. The standard InChI is InChI=1S/C24H26ClN3O4S/c25-21-6-8-22(9-7-21)27-12-14-28(15-13-27)33(30,31)16-11-26-24(29)18-32-23-10-5-19-3-1-2-4-20(19)17-23/h1-10,17H,11-16,18H2,(H,26,29). The van der Waals surface area contributed by atoms with Crippen molar-refractivity contribution in [3.63, 3.8) is 0 Å². The third-order valence-corrected chi connectivity index (χ3v) is 7.72. The zero-order chi connectivity index (χ0) is 23.3. The fourth-order valence-corrected chi connectivity index (χ4v) is 5.25. The maximum atomic E-state index is 12.7. The second-order valence-corrected chi connectivity index (χ2v) is 10.4. The van der Waals surface area contributed by atoms with Crippen molar-refractivity contribution < 1.29 is 17.9 Å². The van der Waals surface area contributed by atoms with Crippen LogP contribution in [0.25, 0.3) is 10.8 Å². The van der Waals surface area contributed by atoms with Crippen LogP contribution >= 0.6 is 11.6 Å². The molecule has 0 radical (unpaired) electrons. The van der Waals surface area contributed by atoms with Crippen molar-refractivity contribution in [2.24, 2.45) is 0 Å². The smallest absolute Gasteiger partial charge is 0.257 e. The lowest BCUT2D eigenvalue weighted by Gasteiger charge is -2.35. The summed E-state index contributed by atoms with van der Waals surface area (Å²) in [5.41, 5.74) is 1.02. The molecule has 0 unspecified atom stereocenters. The summed E-state index contributed by atoms with van der Waals surface area (Å²) in [5, 5.41) is 5.42. The van der Waals surface area contributed by atoms with Crippen LogP contribution in [0, 0.1) is 0 Å². The minimum Gasteiger partial charge on any atom is -0.484 e. The van der Waals surface area contributed by atoms with Gasteiger partial charge in [0.15, 0.2) is 6.61 Å². The van der Waals surface area contributed by atoms with Gasteiger partial charge < -0.3 is 15.0 Å². The molecule has 0 bridgehead atoms. The summed E-state index contributed by atoms with van der Waals surface area (Å²) in [7, 11) is -3.45. The Balaban J connectivity index is 1.20. The van der Waals surface area contributed by atoms with Crippen LogP contribution in [-0.4, -0.2) is 63.7 Å². The van der Waals surface area contributed by atoms with Gasteiger partial charge in [0.1, 0.15) is 5.75 Å². The van der Waals surface area contributed by atoms with Crippen molar-refractivity contribution in [1.82, 2.24) is 9.62 Å². The molecule has 9 heteroatoms. The summed E-state index contributed by atoms with van der Waals surface area (Å²) >= 11 is 5.93. The summed E-state index contributed by atoms with van der Waals surface area (Å²) < 4.78 is 32.4. The predicted octanol–water partition coefficient (Wildman–Crippen LogP) is 3.14. The van der Waals surface area contributed by atoms with Gasteiger partial charge in [-0.3, -0.25) is 4.79 Å². The second kappa shape index (κ2) is 10.4. The van der Waals surface area contributed by atoms with Crippen molar-refractivity contribution in [3.8, 4) is 5.75 Å². The number of hydrogen-bond donors (Lipinski definition) is 1. The molecule has 1 fully saturated rings. The van der Waals surface area contributed by atoms with E-state index >= 15 is 0 Å². The van der Waals surface area contributed by atoms with E-state index in [1.165, 1.54) is 4.31 Å². The summed E-state index contributed by atoms with van der Waals surface area (Å²) in [6.45, 7) is 1.89. The summed E-state index contributed by atoms with van der Waals surface area (Å²) in [6.07, 6.45) is 0. The Kier molecular flexibility index (Phi) is 7.37. The van der Waals surface area contributed by atoms with Gasteiger partial charge in [-0.1, -0.05) is 41.9 Å². The van der Waals surface area contributed by atoms with E-state index in [1.54, 1.807) is 0 Å². The number of halogens is 1. The number of fused-ring (bicyclic) bond motifs is 1. The number of nitrogens with one attached hydrogen (secondary N) is 1. The number of carbonyl (C=O) groups is 1. The van der Waals surface area contributed by atoms with Gasteiger partial charge in [0.05, 0.1) is 5.75 Å². The quantitative estimate of drug-likeness (QED) is 0.528. The fraction of sp³-hybridized carbons (Fsp3) is 0.292. The topological polar surface area (TPSA) is 78.9 Å². The zero-order valence-electron chi connectivity index (χ0n) is 18.1. The number of amides is 1. The molecular weight excluding hydrogens is 462 g/mol. The average Bonchev–Trinajstić information content (AvgIpc) is 2.83. The molecule has 0 atom stereocenters. The molecule has 1 N–H and O–H groups in total. The highest BCUT2D eigenvalue weighted by Crippen LogP contribution is 2.21. The molecule has 7 nitrogen and oxygen atoms in total. The molecule has 0 aliphatic carbocycles. The third kappa shape index (κ3) is 6.16. The molecule has 1 saturated heterocycles. The Morgan fingerprint density at radius 2 is 1.64 bits per heavy atom. The van der Waals surface area contributed by atoms with E-state index in [9.17, 15) is 13.2 Å². The number of piperazine rings is 1. The third-order valence-electron chi connectivity index (χ3n) is 5.60. The molecule has 4 rings (SSSR count). The van der Waals surface area contributed by atoms with E-state index in [4.69, 9.17) is 16.3 Å². The highest BCUT2D eigenvalue weighted by Gasteiger charge is 2.26. The lowest BCUT2D eigenvalue weighted by molar-refractivity contribution is -0.122. The van der Waals surface area contributed by atoms with Crippen molar-refractivity contribution in [2.75, 3.05) is 50.0 Å². The van der Waals surface area contributed by atoms with Crippen LogP contribution in [0.2, 0.25) is 5.02 Å². The van der Waals surface area contributed by atoms with Crippen LogP contribution in [0.15, 0.2) is 66.7 Å². The molecular formula is C24H26ClN3O4S. The van der Waals surface area contributed by atoms with Crippen LogP contribution in [0.5, 0.6) is 5.75 Å². The first-order valence-corrected chi connectivity index (χ1v) is 12.8. The molecule has 1 amide bonds. The number of sulfonamides is 1. The zero-order valence-corrected chi connectivity index (χ0v) is 19.7. The van der Waals surface area contributed by atoms with E-state index in [0.717, 1.165) is 16.5 Å². The van der Waals surface area contributed by atoms with Gasteiger partial charge in [0, 0.05) is 43.4 Å². The molecule has 1 heterocycles. The van der Waals surface area contributed by atoms with Crippen LogP contribution in [0.1, 0.15) is 0 Å². The Labute approximate surface area is 198 Å².